The number of amides is 4. The van der Waals surface area contributed by atoms with Crippen molar-refractivity contribution in [2.24, 2.45) is 0 Å². The Balaban J connectivity index is 1.40. The molecule has 1 heterocycles. The smallest absolute Gasteiger partial charge is 0.315 e. The molecule has 0 atom stereocenters. The van der Waals surface area contributed by atoms with Gasteiger partial charge in [-0.05, 0) is 49.6 Å². The third-order valence-corrected chi connectivity index (χ3v) is 4.79. The number of hydrogen-bond donors (Lipinski definition) is 3. The summed E-state index contributed by atoms with van der Waals surface area (Å²) >= 11 is 0. The molecule has 0 spiro atoms. The van der Waals surface area contributed by atoms with Gasteiger partial charge in [-0.15, -0.1) is 0 Å². The Kier molecular flexibility index (Phi) is 6.84. The van der Waals surface area contributed by atoms with Crippen molar-refractivity contribution >= 4 is 23.5 Å². The average molecular weight is 394 g/mol. The van der Waals surface area contributed by atoms with E-state index in [0.717, 1.165) is 37.1 Å². The number of rotatable bonds is 6. The van der Waals surface area contributed by atoms with Gasteiger partial charge in [-0.3, -0.25) is 9.59 Å². The first kappa shape index (κ1) is 20.4. The lowest BCUT2D eigenvalue weighted by Gasteiger charge is -2.15. The molecule has 2 aromatic rings. The van der Waals surface area contributed by atoms with Crippen LogP contribution in [0.3, 0.4) is 0 Å². The molecule has 2 aromatic carbocycles. The molecule has 0 unspecified atom stereocenters. The summed E-state index contributed by atoms with van der Waals surface area (Å²) in [6.45, 7) is 3.85. The van der Waals surface area contributed by atoms with E-state index >= 15 is 0 Å². The molecule has 0 aliphatic carbocycles. The molecular formula is C22H26N4O3. The summed E-state index contributed by atoms with van der Waals surface area (Å²) in [6.07, 6.45) is 2.09. The summed E-state index contributed by atoms with van der Waals surface area (Å²) in [4.78, 5) is 38.0. The van der Waals surface area contributed by atoms with Crippen LogP contribution in [0.4, 0.5) is 10.5 Å². The third-order valence-electron chi connectivity index (χ3n) is 4.79. The van der Waals surface area contributed by atoms with Gasteiger partial charge in [0.05, 0.1) is 6.54 Å². The average Bonchev–Trinajstić information content (AvgIpc) is 3.27. The second-order valence-corrected chi connectivity index (χ2v) is 7.15. The van der Waals surface area contributed by atoms with Gasteiger partial charge < -0.3 is 20.9 Å². The lowest BCUT2D eigenvalue weighted by Crippen LogP contribution is -2.39. The summed E-state index contributed by atoms with van der Waals surface area (Å²) < 4.78 is 0. The minimum Gasteiger partial charge on any atom is -0.339 e. The van der Waals surface area contributed by atoms with Gasteiger partial charge >= 0.3 is 6.03 Å². The lowest BCUT2D eigenvalue weighted by atomic mass is 10.1. The molecule has 1 aliphatic heterocycles. The highest BCUT2D eigenvalue weighted by molar-refractivity contribution is 5.97. The number of likely N-dealkylation sites (tertiary alicyclic amines) is 1. The fourth-order valence-electron chi connectivity index (χ4n) is 3.12. The van der Waals surface area contributed by atoms with Crippen LogP contribution in [-0.4, -0.2) is 42.4 Å². The van der Waals surface area contributed by atoms with Crippen LogP contribution in [0.2, 0.25) is 0 Å². The van der Waals surface area contributed by atoms with Crippen molar-refractivity contribution in [3.63, 3.8) is 0 Å². The van der Waals surface area contributed by atoms with Crippen molar-refractivity contribution in [2.75, 3.05) is 25.0 Å². The number of anilines is 1. The van der Waals surface area contributed by atoms with Gasteiger partial charge in [0.1, 0.15) is 0 Å². The zero-order chi connectivity index (χ0) is 20.6. The first-order valence-corrected chi connectivity index (χ1v) is 9.78. The number of urea groups is 1. The molecule has 3 rings (SSSR count). The summed E-state index contributed by atoms with van der Waals surface area (Å²) in [5.41, 5.74) is 3.33. The molecule has 1 fully saturated rings. The Hall–Kier alpha value is -3.35. The van der Waals surface area contributed by atoms with E-state index < -0.39 is 6.03 Å². The second kappa shape index (κ2) is 9.73. The fourth-order valence-corrected chi connectivity index (χ4v) is 3.12. The molecule has 0 aromatic heterocycles. The number of benzene rings is 2. The maximum atomic E-state index is 12.3. The molecule has 7 heteroatoms. The van der Waals surface area contributed by atoms with E-state index in [1.807, 2.05) is 36.1 Å². The summed E-state index contributed by atoms with van der Waals surface area (Å²) in [7, 11) is 0. The Morgan fingerprint density at radius 1 is 0.897 bits per heavy atom. The van der Waals surface area contributed by atoms with E-state index in [-0.39, 0.29) is 18.4 Å². The van der Waals surface area contributed by atoms with Crippen LogP contribution in [0.1, 0.15) is 34.3 Å². The predicted octanol–water partition coefficient (Wildman–Crippen LogP) is 2.67. The fraction of sp³-hybridized carbons (Fsp3) is 0.318. The minimum atomic E-state index is -0.410. The zero-order valence-corrected chi connectivity index (χ0v) is 16.5. The maximum Gasteiger partial charge on any atom is 0.315 e. The van der Waals surface area contributed by atoms with Crippen LogP contribution >= 0.6 is 0 Å². The molecule has 4 amide bonds. The van der Waals surface area contributed by atoms with Crippen molar-refractivity contribution in [3.05, 3.63) is 65.2 Å². The largest absolute Gasteiger partial charge is 0.339 e. The summed E-state index contributed by atoms with van der Waals surface area (Å²) in [5, 5.41) is 7.95. The van der Waals surface area contributed by atoms with Gasteiger partial charge in [-0.1, -0.05) is 29.8 Å². The molecule has 7 nitrogen and oxygen atoms in total. The molecule has 3 N–H and O–H groups in total. The number of carbonyl (C=O) groups excluding carboxylic acids is 3. The van der Waals surface area contributed by atoms with Crippen molar-refractivity contribution < 1.29 is 14.4 Å². The van der Waals surface area contributed by atoms with Crippen molar-refractivity contribution in [1.29, 1.82) is 0 Å². The van der Waals surface area contributed by atoms with Crippen LogP contribution in [0, 0.1) is 6.92 Å². The van der Waals surface area contributed by atoms with Gasteiger partial charge in [-0.2, -0.15) is 0 Å². The van der Waals surface area contributed by atoms with E-state index in [1.165, 1.54) is 0 Å². The van der Waals surface area contributed by atoms with Crippen LogP contribution in [0.15, 0.2) is 48.5 Å². The predicted molar refractivity (Wildman–Crippen MR) is 112 cm³/mol. The number of nitrogens with one attached hydrogen (secondary N) is 3. The Labute approximate surface area is 170 Å². The highest BCUT2D eigenvalue weighted by Gasteiger charge is 2.19. The molecule has 0 saturated carbocycles. The van der Waals surface area contributed by atoms with Gasteiger partial charge in [0.25, 0.3) is 5.91 Å². The SMILES string of the molecule is Cc1ccc(CNC(=O)NCC(=O)Nc2ccc(C(=O)N3CCCC3)cc2)cc1. The van der Waals surface area contributed by atoms with Crippen molar-refractivity contribution in [1.82, 2.24) is 15.5 Å². The third kappa shape index (κ3) is 6.07. The topological polar surface area (TPSA) is 90.5 Å². The standard InChI is InChI=1S/C22H26N4O3/c1-16-4-6-17(7-5-16)14-23-22(29)24-15-20(27)25-19-10-8-18(9-11-19)21(28)26-12-2-3-13-26/h4-11H,2-3,12-15H2,1H3,(H,25,27)(H2,23,24,29). The quantitative estimate of drug-likeness (QED) is 0.704. The van der Waals surface area contributed by atoms with Crippen LogP contribution in [0.25, 0.3) is 0 Å². The van der Waals surface area contributed by atoms with Gasteiger partial charge in [0.15, 0.2) is 0 Å². The number of aryl methyl sites for hydroxylation is 1. The first-order valence-electron chi connectivity index (χ1n) is 9.78. The van der Waals surface area contributed by atoms with Crippen LogP contribution < -0.4 is 16.0 Å². The molecule has 0 bridgehead atoms. The van der Waals surface area contributed by atoms with Gasteiger partial charge in [0.2, 0.25) is 5.91 Å². The first-order chi connectivity index (χ1) is 14.0. The van der Waals surface area contributed by atoms with E-state index in [1.54, 1.807) is 24.3 Å². The molecule has 1 aliphatic rings. The zero-order valence-electron chi connectivity index (χ0n) is 16.5. The van der Waals surface area contributed by atoms with Crippen LogP contribution in [-0.2, 0) is 11.3 Å². The Morgan fingerprint density at radius 2 is 1.55 bits per heavy atom. The Morgan fingerprint density at radius 3 is 2.21 bits per heavy atom. The van der Waals surface area contributed by atoms with E-state index in [4.69, 9.17) is 0 Å². The van der Waals surface area contributed by atoms with E-state index in [2.05, 4.69) is 16.0 Å². The molecule has 29 heavy (non-hydrogen) atoms. The second-order valence-electron chi connectivity index (χ2n) is 7.15. The highest BCUT2D eigenvalue weighted by atomic mass is 16.2. The Bertz CT molecular complexity index is 857. The monoisotopic (exact) mass is 394 g/mol. The number of nitrogens with zero attached hydrogens (tertiary/aromatic N) is 1. The van der Waals surface area contributed by atoms with Gasteiger partial charge in [0, 0.05) is 30.9 Å². The lowest BCUT2D eigenvalue weighted by molar-refractivity contribution is -0.115. The summed E-state index contributed by atoms with van der Waals surface area (Å²) in [5.74, 6) is -0.318. The molecule has 1 saturated heterocycles. The minimum absolute atomic E-state index is 0.0206. The van der Waals surface area contributed by atoms with Crippen molar-refractivity contribution in [3.8, 4) is 0 Å². The summed E-state index contributed by atoms with van der Waals surface area (Å²) in [6, 6.07) is 14.2. The molecule has 0 radical (unpaired) electrons. The number of hydrogen-bond acceptors (Lipinski definition) is 3. The molecular weight excluding hydrogens is 368 g/mol. The molecule has 152 valence electrons. The van der Waals surface area contributed by atoms with Gasteiger partial charge in [-0.25, -0.2) is 4.79 Å². The van der Waals surface area contributed by atoms with Crippen molar-refractivity contribution in [2.45, 2.75) is 26.3 Å². The maximum absolute atomic E-state index is 12.3. The van der Waals surface area contributed by atoms with E-state index in [9.17, 15) is 14.4 Å². The highest BCUT2D eigenvalue weighted by Crippen LogP contribution is 2.15. The normalized spacial score (nSPS) is 13.1. The number of carbonyl (C=O) groups is 3. The van der Waals surface area contributed by atoms with Crippen LogP contribution in [0.5, 0.6) is 0 Å². The van der Waals surface area contributed by atoms with E-state index in [0.29, 0.717) is 17.8 Å².